The topological polar surface area (TPSA) is 147 Å². The number of aliphatic hydroxyl groups is 1. The maximum atomic E-state index is 10.6. The first kappa shape index (κ1) is 13.6. The molecule has 0 aliphatic rings. The summed E-state index contributed by atoms with van der Waals surface area (Å²) >= 11 is 0. The van der Waals surface area contributed by atoms with Crippen molar-refractivity contribution in [3.63, 3.8) is 0 Å². The van der Waals surface area contributed by atoms with Crippen LogP contribution in [0.1, 0.15) is 0 Å². The number of nitrogens with two attached hydrogens (primary N) is 1. The molecule has 0 aliphatic heterocycles. The minimum atomic E-state index is -4.28. The summed E-state index contributed by atoms with van der Waals surface area (Å²) < 4.78 is 12.2. The normalized spacial score (nSPS) is 14.3. The number of anilines is 1. The van der Waals surface area contributed by atoms with Gasteiger partial charge in [0.05, 0.1) is 19.0 Å². The molecule has 10 heteroatoms. The summed E-state index contributed by atoms with van der Waals surface area (Å²) in [4.78, 5) is 29.1. The Balaban J connectivity index is 2.20. The third-order valence-corrected chi connectivity index (χ3v) is 2.88. The molecule has 0 radical (unpaired) electrons. The molecule has 5 N–H and O–H groups in total. The van der Waals surface area contributed by atoms with Gasteiger partial charge in [0.15, 0.2) is 11.5 Å². The second kappa shape index (κ2) is 5.06. The predicted octanol–water partition coefficient (Wildman–Crippen LogP) is -0.539. The third-order valence-electron chi connectivity index (χ3n) is 2.32. The van der Waals surface area contributed by atoms with Crippen molar-refractivity contribution in [3.05, 3.63) is 24.5 Å². The van der Waals surface area contributed by atoms with E-state index in [1.165, 1.54) is 17.2 Å². The predicted molar refractivity (Wildman–Crippen MR) is 66.9 cm³/mol. The Morgan fingerprint density at radius 1 is 1.42 bits per heavy atom. The molecule has 2 heterocycles. The van der Waals surface area contributed by atoms with Crippen molar-refractivity contribution in [2.75, 3.05) is 5.73 Å². The molecule has 2 aromatic heterocycles. The molecule has 1 unspecified atom stereocenters. The molecule has 0 aliphatic carbocycles. The lowest BCUT2D eigenvalue weighted by Crippen LogP contribution is -2.13. The van der Waals surface area contributed by atoms with Crippen LogP contribution in [0.3, 0.4) is 0 Å². The van der Waals surface area contributed by atoms with E-state index in [0.29, 0.717) is 17.0 Å². The van der Waals surface area contributed by atoms with Gasteiger partial charge in [0, 0.05) is 5.82 Å². The van der Waals surface area contributed by atoms with E-state index in [1.54, 1.807) is 0 Å². The fourth-order valence-electron chi connectivity index (χ4n) is 1.51. The lowest BCUT2D eigenvalue weighted by molar-refractivity contribution is 0.202. The Labute approximate surface area is 107 Å². The Bertz CT molecular complexity index is 664. The van der Waals surface area contributed by atoms with E-state index < -0.39 is 13.7 Å². The fourth-order valence-corrected chi connectivity index (χ4v) is 1.93. The number of hydrogen-bond donors (Lipinski definition) is 4. The van der Waals surface area contributed by atoms with Gasteiger partial charge in [0.2, 0.25) is 0 Å². The Hall–Kier alpha value is -1.80. The van der Waals surface area contributed by atoms with Crippen molar-refractivity contribution >= 4 is 24.6 Å². The molecule has 9 nitrogen and oxygen atoms in total. The van der Waals surface area contributed by atoms with E-state index >= 15 is 0 Å². The smallest absolute Gasteiger partial charge is 0.348 e. The maximum absolute atomic E-state index is 10.6. The second-order valence-corrected chi connectivity index (χ2v) is 5.30. The summed E-state index contributed by atoms with van der Waals surface area (Å²) in [6, 6.07) is 0. The highest BCUT2D eigenvalue weighted by atomic mass is 31.2. The van der Waals surface area contributed by atoms with Gasteiger partial charge in [-0.2, -0.15) is 0 Å². The van der Waals surface area contributed by atoms with Gasteiger partial charge in [0.25, 0.3) is 0 Å². The van der Waals surface area contributed by atoms with Gasteiger partial charge >= 0.3 is 7.60 Å². The maximum Gasteiger partial charge on any atom is 0.348 e. The van der Waals surface area contributed by atoms with Crippen LogP contribution >= 0.6 is 7.60 Å². The van der Waals surface area contributed by atoms with Gasteiger partial charge in [-0.3, -0.25) is 4.57 Å². The van der Waals surface area contributed by atoms with Crippen LogP contribution in [-0.2, 0) is 11.1 Å². The van der Waals surface area contributed by atoms with E-state index in [2.05, 4.69) is 15.0 Å². The molecule has 0 aromatic carbocycles. The van der Waals surface area contributed by atoms with E-state index in [-0.39, 0.29) is 12.4 Å². The number of nitrogen functional groups attached to an aromatic ring is 1. The quantitative estimate of drug-likeness (QED) is 0.547. The lowest BCUT2D eigenvalue weighted by Gasteiger charge is -2.07. The zero-order valence-electron chi connectivity index (χ0n) is 9.66. The van der Waals surface area contributed by atoms with Crippen LogP contribution in [0.15, 0.2) is 24.5 Å². The van der Waals surface area contributed by atoms with Crippen LogP contribution < -0.4 is 5.73 Å². The van der Waals surface area contributed by atoms with Crippen LogP contribution in [0.4, 0.5) is 5.82 Å². The van der Waals surface area contributed by atoms with Crippen LogP contribution in [0.2, 0.25) is 0 Å². The minimum Gasteiger partial charge on any atom is -0.387 e. The molecule has 19 heavy (non-hydrogen) atoms. The van der Waals surface area contributed by atoms with Crippen molar-refractivity contribution in [2.24, 2.45) is 0 Å². The largest absolute Gasteiger partial charge is 0.387 e. The van der Waals surface area contributed by atoms with Crippen LogP contribution in [0.25, 0.3) is 11.2 Å². The van der Waals surface area contributed by atoms with Crippen LogP contribution in [0, 0.1) is 0 Å². The zero-order valence-corrected chi connectivity index (χ0v) is 10.6. The standard InChI is InChI=1S/C9H12N5O4P/c10-8-7-9(12-4-11-8)14(5-13-7)3-6(15)1-2-19(16,17)18/h1-2,4-6,15H,3H2,(H2,10,11,12)(H2,16,17,18)/b2-1+. The first-order valence-electron chi connectivity index (χ1n) is 5.21. The zero-order chi connectivity index (χ0) is 14.0. The highest BCUT2D eigenvalue weighted by Crippen LogP contribution is 2.36. The summed E-state index contributed by atoms with van der Waals surface area (Å²) in [5.41, 5.74) is 6.46. The summed E-state index contributed by atoms with van der Waals surface area (Å²) in [5, 5.41) is 9.66. The SMILES string of the molecule is Nc1ncnc2c1ncn2CC(O)/C=C/P(=O)(O)O. The lowest BCUT2D eigenvalue weighted by atomic mass is 10.3. The number of nitrogens with zero attached hydrogens (tertiary/aromatic N) is 4. The highest BCUT2D eigenvalue weighted by molar-refractivity contribution is 7.55. The summed E-state index contributed by atoms with van der Waals surface area (Å²) in [7, 11) is -4.28. The molecular weight excluding hydrogens is 273 g/mol. The number of hydrogen-bond acceptors (Lipinski definition) is 6. The molecule has 0 saturated carbocycles. The highest BCUT2D eigenvalue weighted by Gasteiger charge is 2.12. The molecule has 0 spiro atoms. The van der Waals surface area contributed by atoms with Gasteiger partial charge in [-0.1, -0.05) is 0 Å². The van der Waals surface area contributed by atoms with E-state index in [1.807, 2.05) is 0 Å². The first-order valence-corrected chi connectivity index (χ1v) is 6.89. The molecule has 2 rings (SSSR count). The van der Waals surface area contributed by atoms with Gasteiger partial charge in [-0.15, -0.1) is 0 Å². The van der Waals surface area contributed by atoms with Gasteiger partial charge in [-0.25, -0.2) is 15.0 Å². The average Bonchev–Trinajstić information content (AvgIpc) is 2.71. The Kier molecular flexibility index (Phi) is 3.63. The number of aromatic nitrogens is 4. The fraction of sp³-hybridized carbons (Fsp3) is 0.222. The first-order chi connectivity index (χ1) is 8.87. The number of rotatable bonds is 4. The Morgan fingerprint density at radius 3 is 2.84 bits per heavy atom. The third kappa shape index (κ3) is 3.36. The van der Waals surface area contributed by atoms with Crippen molar-refractivity contribution in [3.8, 4) is 0 Å². The number of aliphatic hydroxyl groups excluding tert-OH is 1. The van der Waals surface area contributed by atoms with Gasteiger partial charge in [0.1, 0.15) is 11.8 Å². The molecular formula is C9H12N5O4P. The molecule has 2 aromatic rings. The Morgan fingerprint density at radius 2 is 2.16 bits per heavy atom. The molecule has 1 atom stereocenters. The number of fused-ring (bicyclic) bond motifs is 1. The van der Waals surface area contributed by atoms with Crippen molar-refractivity contribution in [1.82, 2.24) is 19.5 Å². The van der Waals surface area contributed by atoms with E-state index in [0.717, 1.165) is 6.08 Å². The molecule has 0 saturated heterocycles. The van der Waals surface area contributed by atoms with Gasteiger partial charge < -0.3 is 25.2 Å². The summed E-state index contributed by atoms with van der Waals surface area (Å²) in [6.45, 7) is 0.0451. The second-order valence-electron chi connectivity index (χ2n) is 3.83. The molecule has 0 bridgehead atoms. The van der Waals surface area contributed by atoms with E-state index in [9.17, 15) is 9.67 Å². The van der Waals surface area contributed by atoms with Crippen LogP contribution in [0.5, 0.6) is 0 Å². The van der Waals surface area contributed by atoms with E-state index in [4.69, 9.17) is 15.5 Å². The van der Waals surface area contributed by atoms with Gasteiger partial charge in [-0.05, 0) is 6.08 Å². The number of imidazole rings is 1. The molecule has 0 fully saturated rings. The van der Waals surface area contributed by atoms with Crippen molar-refractivity contribution < 1.29 is 19.5 Å². The molecule has 0 amide bonds. The monoisotopic (exact) mass is 285 g/mol. The summed E-state index contributed by atoms with van der Waals surface area (Å²) in [5.74, 6) is 0.879. The van der Waals surface area contributed by atoms with Crippen molar-refractivity contribution in [2.45, 2.75) is 12.6 Å². The molecule has 102 valence electrons. The minimum absolute atomic E-state index is 0.0451. The van der Waals surface area contributed by atoms with Crippen molar-refractivity contribution in [1.29, 1.82) is 0 Å². The van der Waals surface area contributed by atoms with Crippen LogP contribution in [-0.4, -0.2) is 40.5 Å². The average molecular weight is 285 g/mol. The summed E-state index contributed by atoms with van der Waals surface area (Å²) in [6.07, 6.45) is 2.64.